The molecule has 0 spiro atoms. The second kappa shape index (κ2) is 14.7. The van der Waals surface area contributed by atoms with E-state index in [4.69, 9.17) is 0 Å². The minimum absolute atomic E-state index is 0.237. The average Bonchev–Trinajstić information content (AvgIpc) is 3.19. The van der Waals surface area contributed by atoms with Gasteiger partial charge in [-0.2, -0.15) is 52.7 Å². The summed E-state index contributed by atoms with van der Waals surface area (Å²) in [6.07, 6.45) is -17.6. The Morgan fingerprint density at radius 3 is 0.983 bits per heavy atom. The van der Waals surface area contributed by atoms with Gasteiger partial charge in [0.05, 0.1) is 45.0 Å². The van der Waals surface area contributed by atoms with Gasteiger partial charge in [-0.1, -0.05) is 48.5 Å². The molecule has 0 radical (unpaired) electrons. The first-order valence-corrected chi connectivity index (χ1v) is 16.8. The number of pyridine rings is 4. The van der Waals surface area contributed by atoms with Crippen molar-refractivity contribution in [3.8, 4) is 67.5 Å². The lowest BCUT2D eigenvalue weighted by Gasteiger charge is -2.22. The van der Waals surface area contributed by atoms with Gasteiger partial charge in [0.2, 0.25) is 0 Å². The molecule has 0 saturated heterocycles. The van der Waals surface area contributed by atoms with Crippen molar-refractivity contribution in [2.75, 3.05) is 0 Å². The molecule has 4 aromatic heterocycles. The fourth-order valence-electron chi connectivity index (χ4n) is 6.51. The second-order valence-corrected chi connectivity index (χ2v) is 12.6. The Morgan fingerprint density at radius 2 is 0.621 bits per heavy atom. The summed E-state index contributed by atoms with van der Waals surface area (Å²) < 4.78 is 172. The van der Waals surface area contributed by atoms with Gasteiger partial charge in [-0.05, 0) is 95.1 Å². The first kappa shape index (κ1) is 39.6. The molecule has 4 heterocycles. The zero-order valence-electron chi connectivity index (χ0n) is 29.0. The second-order valence-electron chi connectivity index (χ2n) is 12.6. The Kier molecular flexibility index (Phi) is 10.1. The molecule has 16 heteroatoms. The summed E-state index contributed by atoms with van der Waals surface area (Å²) in [5, 5.41) is 0. The molecule has 0 aliphatic rings. The van der Waals surface area contributed by atoms with E-state index >= 15 is 0 Å². The van der Waals surface area contributed by atoms with Crippen molar-refractivity contribution in [1.29, 1.82) is 0 Å². The van der Waals surface area contributed by atoms with Gasteiger partial charge in [-0.25, -0.2) is 9.97 Å². The van der Waals surface area contributed by atoms with Crippen molar-refractivity contribution >= 4 is 0 Å². The molecule has 0 saturated carbocycles. The number of halogens is 12. The van der Waals surface area contributed by atoms with Crippen LogP contribution in [0.4, 0.5) is 52.7 Å². The normalized spacial score (nSPS) is 12.5. The number of hydrogen-bond donors (Lipinski definition) is 0. The lowest BCUT2D eigenvalue weighted by Crippen LogP contribution is -2.10. The van der Waals surface area contributed by atoms with E-state index in [2.05, 4.69) is 19.9 Å². The van der Waals surface area contributed by atoms with Crippen LogP contribution in [0.1, 0.15) is 22.3 Å². The van der Waals surface area contributed by atoms with Crippen molar-refractivity contribution in [3.05, 3.63) is 156 Å². The van der Waals surface area contributed by atoms with Crippen molar-refractivity contribution in [1.82, 2.24) is 19.9 Å². The van der Waals surface area contributed by atoms with Gasteiger partial charge in [0.25, 0.3) is 0 Å². The molecule has 0 aliphatic heterocycles. The van der Waals surface area contributed by atoms with Gasteiger partial charge in [-0.3, -0.25) is 9.97 Å². The van der Waals surface area contributed by atoms with E-state index in [-0.39, 0.29) is 45.0 Å². The number of rotatable bonds is 6. The van der Waals surface area contributed by atoms with E-state index in [9.17, 15) is 52.7 Å². The number of alkyl halides is 12. The first-order valence-electron chi connectivity index (χ1n) is 16.8. The Labute approximate surface area is 320 Å². The summed E-state index contributed by atoms with van der Waals surface area (Å²) in [5.41, 5.74) is -9.22. The number of benzene rings is 3. The highest BCUT2D eigenvalue weighted by atomic mass is 19.4. The molecule has 0 N–H and O–H groups in total. The summed E-state index contributed by atoms with van der Waals surface area (Å²) >= 11 is 0. The molecule has 7 rings (SSSR count). The minimum Gasteiger partial charge on any atom is -0.254 e. The Morgan fingerprint density at radius 1 is 0.293 bits per heavy atom. The third-order valence-electron chi connectivity index (χ3n) is 8.96. The Bertz CT molecular complexity index is 2460. The lowest BCUT2D eigenvalue weighted by molar-refractivity contribution is -0.138. The summed E-state index contributed by atoms with van der Waals surface area (Å²) in [6.45, 7) is 0. The predicted octanol–water partition coefficient (Wildman–Crippen LogP) is 13.3. The molecule has 0 amide bonds. The molecule has 7 aromatic rings. The third kappa shape index (κ3) is 7.86. The molecule has 4 nitrogen and oxygen atoms in total. The summed E-state index contributed by atoms with van der Waals surface area (Å²) in [6, 6.07) is 21.7. The molecule has 0 aliphatic carbocycles. The zero-order chi connectivity index (χ0) is 41.6. The standard InChI is InChI=1S/C42H22F12N4/c43-39(44,45)29-11-3-1-9-23(29)25-21-28(34-16-6-18-36(58-34)38-32(42(52,53)54)14-8-20-56-38)26(24-10-2-4-12-30(24)40(46,47)48)22-27(25)33-15-5-17-35(57-33)37-31(41(49,50)51)13-7-19-55-37/h1-22H. The highest BCUT2D eigenvalue weighted by molar-refractivity contribution is 5.95. The van der Waals surface area contributed by atoms with Crippen molar-refractivity contribution in [2.45, 2.75) is 24.7 Å². The van der Waals surface area contributed by atoms with Crippen LogP contribution in [0.3, 0.4) is 0 Å². The monoisotopic (exact) mass is 810 g/mol. The quantitative estimate of drug-likeness (QED) is 0.157. The number of aromatic nitrogens is 4. The van der Waals surface area contributed by atoms with Gasteiger partial charge < -0.3 is 0 Å². The van der Waals surface area contributed by atoms with Crippen LogP contribution in [-0.4, -0.2) is 19.9 Å². The van der Waals surface area contributed by atoms with Crippen LogP contribution in [0.25, 0.3) is 67.5 Å². The number of nitrogens with zero attached hydrogens (tertiary/aromatic N) is 4. The van der Waals surface area contributed by atoms with Crippen LogP contribution in [0.2, 0.25) is 0 Å². The predicted molar refractivity (Wildman–Crippen MR) is 190 cm³/mol. The van der Waals surface area contributed by atoms with E-state index in [1.54, 1.807) is 0 Å². The topological polar surface area (TPSA) is 51.6 Å². The van der Waals surface area contributed by atoms with E-state index < -0.39 is 69.5 Å². The third-order valence-corrected chi connectivity index (χ3v) is 8.96. The number of hydrogen-bond acceptors (Lipinski definition) is 4. The highest BCUT2D eigenvalue weighted by Gasteiger charge is 2.38. The van der Waals surface area contributed by atoms with Gasteiger partial charge in [-0.15, -0.1) is 0 Å². The highest BCUT2D eigenvalue weighted by Crippen LogP contribution is 2.48. The molecular formula is C42H22F12N4. The van der Waals surface area contributed by atoms with Crippen LogP contribution in [0, 0.1) is 0 Å². The fraction of sp³-hybridized carbons (Fsp3) is 0.0952. The molecule has 58 heavy (non-hydrogen) atoms. The van der Waals surface area contributed by atoms with Gasteiger partial charge in [0, 0.05) is 23.5 Å². The zero-order valence-corrected chi connectivity index (χ0v) is 29.0. The molecule has 0 bridgehead atoms. The summed E-state index contributed by atoms with van der Waals surface area (Å²) in [7, 11) is 0. The maximum absolute atomic E-state index is 14.7. The van der Waals surface area contributed by atoms with Crippen LogP contribution in [-0.2, 0) is 24.7 Å². The van der Waals surface area contributed by atoms with Crippen LogP contribution in [0.5, 0.6) is 0 Å². The first-order chi connectivity index (χ1) is 27.3. The van der Waals surface area contributed by atoms with Crippen LogP contribution in [0.15, 0.2) is 134 Å². The SMILES string of the molecule is FC(F)(F)c1ccccc1-c1cc(-c2cccc(-c3ncccc3C(F)(F)F)n2)c(-c2ccccc2C(F)(F)F)cc1-c1cccc(-c2ncccc2C(F)(F)F)n1. The van der Waals surface area contributed by atoms with E-state index in [1.165, 1.54) is 48.5 Å². The van der Waals surface area contributed by atoms with E-state index in [0.29, 0.717) is 0 Å². The van der Waals surface area contributed by atoms with Crippen molar-refractivity contribution in [2.24, 2.45) is 0 Å². The maximum atomic E-state index is 14.7. The Balaban J connectivity index is 1.59. The van der Waals surface area contributed by atoms with Gasteiger partial charge in [0.1, 0.15) is 11.4 Å². The minimum atomic E-state index is -4.99. The lowest BCUT2D eigenvalue weighted by atomic mass is 9.85. The molecular weight excluding hydrogens is 788 g/mol. The molecule has 0 fully saturated rings. The van der Waals surface area contributed by atoms with E-state index in [0.717, 1.165) is 85.2 Å². The fourth-order valence-corrected chi connectivity index (χ4v) is 6.51. The average molecular weight is 811 g/mol. The van der Waals surface area contributed by atoms with Crippen molar-refractivity contribution < 1.29 is 52.7 Å². The van der Waals surface area contributed by atoms with Crippen LogP contribution < -0.4 is 0 Å². The van der Waals surface area contributed by atoms with E-state index in [1.807, 2.05) is 0 Å². The van der Waals surface area contributed by atoms with Gasteiger partial charge >= 0.3 is 24.7 Å². The van der Waals surface area contributed by atoms with Crippen LogP contribution >= 0.6 is 0 Å². The molecule has 0 unspecified atom stereocenters. The molecule has 294 valence electrons. The Hall–Kier alpha value is -6.58. The summed E-state index contributed by atoms with van der Waals surface area (Å²) in [4.78, 5) is 16.4. The van der Waals surface area contributed by atoms with Gasteiger partial charge in [0.15, 0.2) is 0 Å². The maximum Gasteiger partial charge on any atom is 0.418 e. The van der Waals surface area contributed by atoms with Crippen molar-refractivity contribution in [3.63, 3.8) is 0 Å². The smallest absolute Gasteiger partial charge is 0.254 e. The largest absolute Gasteiger partial charge is 0.418 e. The molecule has 3 aromatic carbocycles. The molecule has 0 atom stereocenters. The summed E-state index contributed by atoms with van der Waals surface area (Å²) in [5.74, 6) is 0.